The van der Waals surface area contributed by atoms with Crippen molar-refractivity contribution >= 4 is 11.6 Å². The van der Waals surface area contributed by atoms with Gasteiger partial charge in [-0.05, 0) is 43.4 Å². The lowest BCUT2D eigenvalue weighted by molar-refractivity contribution is 0.0948. The number of nitrogen functional groups attached to an aromatic ring is 1. The number of nitrogens with one attached hydrogen (secondary N) is 1. The van der Waals surface area contributed by atoms with Gasteiger partial charge in [-0.3, -0.25) is 4.79 Å². The first-order valence-electron chi connectivity index (χ1n) is 6.31. The highest BCUT2D eigenvalue weighted by Gasteiger charge is 2.16. The van der Waals surface area contributed by atoms with Crippen molar-refractivity contribution in [2.24, 2.45) is 5.92 Å². The molecule has 0 radical (unpaired) electrons. The first-order chi connectivity index (χ1) is 8.16. The largest absolute Gasteiger partial charge is 0.398 e. The molecule has 0 atom stereocenters. The second-order valence-corrected chi connectivity index (χ2v) is 4.95. The fraction of sp³-hybridized carbons (Fsp3) is 0.500. The quantitative estimate of drug-likeness (QED) is 0.787. The lowest BCUT2D eigenvalue weighted by Gasteiger charge is -2.12. The molecule has 17 heavy (non-hydrogen) atoms. The number of amides is 1. The number of aryl methyl sites for hydroxylation is 1. The van der Waals surface area contributed by atoms with Crippen LogP contribution in [0.25, 0.3) is 0 Å². The molecule has 0 spiro atoms. The summed E-state index contributed by atoms with van der Waals surface area (Å²) in [6.07, 6.45) is 5.08. The van der Waals surface area contributed by atoms with E-state index in [4.69, 9.17) is 5.73 Å². The van der Waals surface area contributed by atoms with Crippen LogP contribution in [0.3, 0.4) is 0 Å². The fourth-order valence-electron chi connectivity index (χ4n) is 2.44. The summed E-state index contributed by atoms with van der Waals surface area (Å²) in [6, 6.07) is 5.56. The Kier molecular flexibility index (Phi) is 3.67. The minimum atomic E-state index is -0.0469. The normalized spacial score (nSPS) is 16.1. The maximum absolute atomic E-state index is 11.9. The molecule has 1 aromatic carbocycles. The Morgan fingerprint density at radius 2 is 2.12 bits per heavy atom. The molecule has 1 fully saturated rings. The van der Waals surface area contributed by atoms with Crippen LogP contribution in [0.1, 0.15) is 41.6 Å². The molecule has 1 aliphatic rings. The van der Waals surface area contributed by atoms with E-state index in [1.54, 1.807) is 6.07 Å². The van der Waals surface area contributed by atoms with Gasteiger partial charge >= 0.3 is 0 Å². The van der Waals surface area contributed by atoms with Gasteiger partial charge in [-0.2, -0.15) is 0 Å². The van der Waals surface area contributed by atoms with Gasteiger partial charge in [0.15, 0.2) is 0 Å². The highest BCUT2D eigenvalue weighted by atomic mass is 16.1. The van der Waals surface area contributed by atoms with Gasteiger partial charge in [-0.25, -0.2) is 0 Å². The van der Waals surface area contributed by atoms with Crippen LogP contribution in [0.4, 0.5) is 5.69 Å². The first-order valence-corrected chi connectivity index (χ1v) is 6.31. The monoisotopic (exact) mass is 232 g/mol. The summed E-state index contributed by atoms with van der Waals surface area (Å²) >= 11 is 0. The average molecular weight is 232 g/mol. The SMILES string of the molecule is Cc1ccc(C(=O)NCC2CCCC2)c(N)c1. The van der Waals surface area contributed by atoms with Gasteiger partial charge in [-0.1, -0.05) is 18.9 Å². The molecular weight excluding hydrogens is 212 g/mol. The van der Waals surface area contributed by atoms with E-state index in [0.29, 0.717) is 17.2 Å². The Morgan fingerprint density at radius 1 is 1.41 bits per heavy atom. The van der Waals surface area contributed by atoms with E-state index in [1.807, 2.05) is 19.1 Å². The van der Waals surface area contributed by atoms with Crippen molar-refractivity contribution < 1.29 is 4.79 Å². The summed E-state index contributed by atoms with van der Waals surface area (Å²) in [5, 5.41) is 2.98. The molecule has 0 aliphatic heterocycles. The lowest BCUT2D eigenvalue weighted by Crippen LogP contribution is -2.28. The van der Waals surface area contributed by atoms with Gasteiger partial charge in [0, 0.05) is 12.2 Å². The Bertz CT molecular complexity index is 409. The van der Waals surface area contributed by atoms with E-state index in [2.05, 4.69) is 5.32 Å². The Hall–Kier alpha value is -1.51. The third kappa shape index (κ3) is 2.99. The first kappa shape index (κ1) is 12.0. The molecule has 0 heterocycles. The zero-order valence-corrected chi connectivity index (χ0v) is 10.3. The number of nitrogens with two attached hydrogens (primary N) is 1. The fourth-order valence-corrected chi connectivity index (χ4v) is 2.44. The lowest BCUT2D eigenvalue weighted by atomic mass is 10.1. The molecule has 1 aliphatic carbocycles. The highest BCUT2D eigenvalue weighted by molar-refractivity contribution is 5.99. The molecule has 1 aromatic rings. The van der Waals surface area contributed by atoms with Gasteiger partial charge in [0.2, 0.25) is 0 Å². The van der Waals surface area contributed by atoms with Crippen LogP contribution < -0.4 is 11.1 Å². The minimum Gasteiger partial charge on any atom is -0.398 e. The van der Waals surface area contributed by atoms with Crippen molar-refractivity contribution in [3.8, 4) is 0 Å². The second kappa shape index (κ2) is 5.21. The molecule has 3 heteroatoms. The van der Waals surface area contributed by atoms with Crippen molar-refractivity contribution in [2.45, 2.75) is 32.6 Å². The Labute approximate surface area is 102 Å². The maximum Gasteiger partial charge on any atom is 0.253 e. The smallest absolute Gasteiger partial charge is 0.253 e. The van der Waals surface area contributed by atoms with Crippen molar-refractivity contribution in [1.29, 1.82) is 0 Å². The predicted octanol–water partition coefficient (Wildman–Crippen LogP) is 2.50. The van der Waals surface area contributed by atoms with Gasteiger partial charge < -0.3 is 11.1 Å². The third-order valence-electron chi connectivity index (χ3n) is 3.48. The summed E-state index contributed by atoms with van der Waals surface area (Å²) < 4.78 is 0. The van der Waals surface area contributed by atoms with Crippen LogP contribution in [0.15, 0.2) is 18.2 Å². The number of rotatable bonds is 3. The number of carbonyl (C=O) groups is 1. The van der Waals surface area contributed by atoms with Crippen LogP contribution in [0, 0.1) is 12.8 Å². The molecule has 1 saturated carbocycles. The van der Waals surface area contributed by atoms with E-state index < -0.39 is 0 Å². The summed E-state index contributed by atoms with van der Waals surface area (Å²) in [5.74, 6) is 0.611. The summed E-state index contributed by atoms with van der Waals surface area (Å²) in [7, 11) is 0. The summed E-state index contributed by atoms with van der Waals surface area (Å²) in [4.78, 5) is 11.9. The van der Waals surface area contributed by atoms with E-state index in [0.717, 1.165) is 12.1 Å². The summed E-state index contributed by atoms with van der Waals surface area (Å²) in [6.45, 7) is 2.75. The zero-order chi connectivity index (χ0) is 12.3. The van der Waals surface area contributed by atoms with Gasteiger partial charge in [0.1, 0.15) is 0 Å². The number of carbonyl (C=O) groups excluding carboxylic acids is 1. The average Bonchev–Trinajstić information content (AvgIpc) is 2.78. The third-order valence-corrected chi connectivity index (χ3v) is 3.48. The Balaban J connectivity index is 1.94. The predicted molar refractivity (Wildman–Crippen MR) is 69.9 cm³/mol. The Morgan fingerprint density at radius 3 is 2.76 bits per heavy atom. The van der Waals surface area contributed by atoms with Crippen LogP contribution in [0.5, 0.6) is 0 Å². The zero-order valence-electron chi connectivity index (χ0n) is 10.3. The van der Waals surface area contributed by atoms with Gasteiger partial charge in [0.25, 0.3) is 5.91 Å². The molecule has 0 aromatic heterocycles. The van der Waals surface area contributed by atoms with E-state index in [9.17, 15) is 4.79 Å². The van der Waals surface area contributed by atoms with Crippen molar-refractivity contribution in [2.75, 3.05) is 12.3 Å². The van der Waals surface area contributed by atoms with Gasteiger partial charge in [-0.15, -0.1) is 0 Å². The molecule has 2 rings (SSSR count). The number of benzene rings is 1. The molecule has 92 valence electrons. The molecule has 1 amide bonds. The highest BCUT2D eigenvalue weighted by Crippen LogP contribution is 2.24. The van der Waals surface area contributed by atoms with E-state index in [-0.39, 0.29) is 5.91 Å². The van der Waals surface area contributed by atoms with Crippen molar-refractivity contribution in [3.05, 3.63) is 29.3 Å². The molecule has 0 saturated heterocycles. The molecule has 0 bridgehead atoms. The maximum atomic E-state index is 11.9. The topological polar surface area (TPSA) is 55.1 Å². The number of hydrogen-bond acceptors (Lipinski definition) is 2. The standard InChI is InChI=1S/C14H20N2O/c1-10-6-7-12(13(15)8-10)14(17)16-9-11-4-2-3-5-11/h6-8,11H,2-5,9,15H2,1H3,(H,16,17). The second-order valence-electron chi connectivity index (χ2n) is 4.95. The molecule has 3 nitrogen and oxygen atoms in total. The van der Waals surface area contributed by atoms with Crippen LogP contribution >= 0.6 is 0 Å². The van der Waals surface area contributed by atoms with E-state index in [1.165, 1.54) is 25.7 Å². The van der Waals surface area contributed by atoms with Crippen LogP contribution in [0.2, 0.25) is 0 Å². The molecule has 3 N–H and O–H groups in total. The van der Waals surface area contributed by atoms with Crippen LogP contribution in [-0.2, 0) is 0 Å². The van der Waals surface area contributed by atoms with Crippen LogP contribution in [-0.4, -0.2) is 12.5 Å². The number of hydrogen-bond donors (Lipinski definition) is 2. The van der Waals surface area contributed by atoms with Crippen molar-refractivity contribution in [1.82, 2.24) is 5.32 Å². The molecular formula is C14H20N2O. The van der Waals surface area contributed by atoms with E-state index >= 15 is 0 Å². The minimum absolute atomic E-state index is 0.0469. The number of anilines is 1. The molecule has 0 unspecified atom stereocenters. The summed E-state index contributed by atoms with van der Waals surface area (Å²) in [5.41, 5.74) is 8.08. The van der Waals surface area contributed by atoms with Crippen molar-refractivity contribution in [3.63, 3.8) is 0 Å². The van der Waals surface area contributed by atoms with Gasteiger partial charge in [0.05, 0.1) is 5.56 Å².